The van der Waals surface area contributed by atoms with Gasteiger partial charge < -0.3 is 9.84 Å². The Balaban J connectivity index is 2.03. The summed E-state index contributed by atoms with van der Waals surface area (Å²) >= 11 is 6.16. The smallest absolute Gasteiger partial charge is 0.273 e. The Morgan fingerprint density at radius 1 is 1.20 bits per heavy atom. The number of aromatic nitrogens is 5. The standard InChI is InChI=1S/C16H17ClN6O2/c1-9-5-10(2)22(21-9)16-20-19-11(3)23(16)18-8-12-6-15(25-4)14(24)7-13(12)17/h5-8,24H,1-4H3/b18-8-. The molecule has 25 heavy (non-hydrogen) atoms. The van der Waals surface area contributed by atoms with Gasteiger partial charge >= 0.3 is 0 Å². The highest BCUT2D eigenvalue weighted by Gasteiger charge is 2.14. The number of methoxy groups -OCH3 is 1. The number of hydrogen-bond acceptors (Lipinski definition) is 6. The van der Waals surface area contributed by atoms with Crippen molar-refractivity contribution in [2.45, 2.75) is 20.8 Å². The van der Waals surface area contributed by atoms with Crippen LogP contribution < -0.4 is 4.74 Å². The van der Waals surface area contributed by atoms with Gasteiger partial charge in [-0.2, -0.15) is 14.9 Å². The average molecular weight is 361 g/mol. The molecule has 0 aliphatic rings. The van der Waals surface area contributed by atoms with Crippen LogP contribution in [0.4, 0.5) is 0 Å². The van der Waals surface area contributed by atoms with Crippen LogP contribution in [-0.4, -0.2) is 43.1 Å². The van der Waals surface area contributed by atoms with Crippen molar-refractivity contribution in [2.24, 2.45) is 5.10 Å². The van der Waals surface area contributed by atoms with E-state index in [4.69, 9.17) is 16.3 Å². The van der Waals surface area contributed by atoms with Gasteiger partial charge in [0.15, 0.2) is 17.3 Å². The van der Waals surface area contributed by atoms with Crippen molar-refractivity contribution in [3.05, 3.63) is 46.0 Å². The first kappa shape index (κ1) is 17.0. The summed E-state index contributed by atoms with van der Waals surface area (Å²) in [5.41, 5.74) is 2.38. The molecule has 130 valence electrons. The largest absolute Gasteiger partial charge is 0.504 e. The van der Waals surface area contributed by atoms with Gasteiger partial charge in [-0.25, -0.2) is 4.68 Å². The van der Waals surface area contributed by atoms with Gasteiger partial charge in [-0.1, -0.05) is 11.6 Å². The highest BCUT2D eigenvalue weighted by atomic mass is 35.5. The van der Waals surface area contributed by atoms with Crippen LogP contribution in [0, 0.1) is 20.8 Å². The maximum Gasteiger partial charge on any atom is 0.273 e. The van der Waals surface area contributed by atoms with Crippen LogP contribution in [0.25, 0.3) is 5.95 Å². The van der Waals surface area contributed by atoms with Gasteiger partial charge in [0.05, 0.1) is 24.0 Å². The Morgan fingerprint density at radius 2 is 1.96 bits per heavy atom. The molecule has 2 aromatic heterocycles. The molecule has 0 aliphatic carbocycles. The minimum absolute atomic E-state index is 0.0338. The van der Waals surface area contributed by atoms with E-state index in [9.17, 15) is 5.11 Å². The molecule has 0 unspecified atom stereocenters. The molecule has 2 heterocycles. The average Bonchev–Trinajstić information content (AvgIpc) is 3.08. The van der Waals surface area contributed by atoms with Crippen LogP contribution in [-0.2, 0) is 0 Å². The third kappa shape index (κ3) is 3.20. The monoisotopic (exact) mass is 360 g/mol. The van der Waals surface area contributed by atoms with E-state index in [1.165, 1.54) is 13.2 Å². The molecule has 0 bridgehead atoms. The van der Waals surface area contributed by atoms with Crippen molar-refractivity contribution in [3.63, 3.8) is 0 Å². The first-order valence-corrected chi connectivity index (χ1v) is 7.85. The molecule has 3 aromatic rings. The zero-order chi connectivity index (χ0) is 18.1. The van der Waals surface area contributed by atoms with E-state index >= 15 is 0 Å². The Labute approximate surface area is 149 Å². The van der Waals surface area contributed by atoms with Crippen molar-refractivity contribution in [2.75, 3.05) is 7.11 Å². The summed E-state index contributed by atoms with van der Waals surface area (Å²) in [6.45, 7) is 5.63. The van der Waals surface area contributed by atoms with Gasteiger partial charge in [-0.15, -0.1) is 10.2 Å². The van der Waals surface area contributed by atoms with Crippen molar-refractivity contribution in [3.8, 4) is 17.4 Å². The Kier molecular flexibility index (Phi) is 4.45. The second kappa shape index (κ2) is 6.56. The van der Waals surface area contributed by atoms with Crippen LogP contribution in [0.5, 0.6) is 11.5 Å². The predicted molar refractivity (Wildman–Crippen MR) is 94.0 cm³/mol. The molecule has 3 rings (SSSR count). The molecule has 0 aliphatic heterocycles. The molecular formula is C16H17ClN6O2. The van der Waals surface area contributed by atoms with Gasteiger partial charge in [0.25, 0.3) is 5.95 Å². The normalized spacial score (nSPS) is 11.4. The SMILES string of the molecule is COc1cc(/C=N\n2c(C)nnc2-n2nc(C)cc2C)c(Cl)cc1O. The van der Waals surface area contributed by atoms with E-state index in [2.05, 4.69) is 20.4 Å². The Bertz CT molecular complexity index is 960. The van der Waals surface area contributed by atoms with Crippen LogP contribution in [0.3, 0.4) is 0 Å². The number of nitrogens with zero attached hydrogens (tertiary/aromatic N) is 6. The molecule has 9 heteroatoms. The van der Waals surface area contributed by atoms with E-state index in [0.717, 1.165) is 11.4 Å². The summed E-state index contributed by atoms with van der Waals surface area (Å²) in [5, 5.41) is 27.1. The third-order valence-electron chi connectivity index (χ3n) is 3.59. The van der Waals surface area contributed by atoms with E-state index < -0.39 is 0 Å². The number of aromatic hydroxyl groups is 1. The summed E-state index contributed by atoms with van der Waals surface area (Å²) < 4.78 is 8.33. The maximum absolute atomic E-state index is 9.75. The number of halogens is 1. The summed E-state index contributed by atoms with van der Waals surface area (Å²) in [6, 6.07) is 4.95. The number of aryl methyl sites for hydroxylation is 3. The second-order valence-corrected chi connectivity index (χ2v) is 5.90. The molecule has 0 radical (unpaired) electrons. The first-order valence-electron chi connectivity index (χ1n) is 7.47. The fraction of sp³-hybridized carbons (Fsp3) is 0.250. The Hall–Kier alpha value is -2.87. The summed E-state index contributed by atoms with van der Waals surface area (Å²) in [6.07, 6.45) is 1.55. The van der Waals surface area contributed by atoms with E-state index in [-0.39, 0.29) is 5.75 Å². The number of phenolic OH excluding ortho intramolecular Hbond substituents is 1. The van der Waals surface area contributed by atoms with Crippen molar-refractivity contribution in [1.29, 1.82) is 0 Å². The molecule has 0 spiro atoms. The fourth-order valence-corrected chi connectivity index (χ4v) is 2.59. The van der Waals surface area contributed by atoms with Gasteiger partial charge in [-0.3, -0.25) is 0 Å². The van der Waals surface area contributed by atoms with Gasteiger partial charge in [0.1, 0.15) is 0 Å². The number of benzene rings is 1. The molecule has 0 saturated carbocycles. The highest BCUT2D eigenvalue weighted by Crippen LogP contribution is 2.31. The molecule has 1 aromatic carbocycles. The summed E-state index contributed by atoms with van der Waals surface area (Å²) in [4.78, 5) is 0. The lowest BCUT2D eigenvalue weighted by Gasteiger charge is -2.07. The highest BCUT2D eigenvalue weighted by molar-refractivity contribution is 6.33. The lowest BCUT2D eigenvalue weighted by Crippen LogP contribution is -2.08. The minimum atomic E-state index is -0.0338. The van der Waals surface area contributed by atoms with Crippen molar-refractivity contribution >= 4 is 17.8 Å². The Morgan fingerprint density at radius 3 is 2.60 bits per heavy atom. The van der Waals surface area contributed by atoms with Gasteiger partial charge in [-0.05, 0) is 32.9 Å². The molecule has 0 amide bonds. The molecular weight excluding hydrogens is 344 g/mol. The number of phenols is 1. The zero-order valence-electron chi connectivity index (χ0n) is 14.2. The first-order chi connectivity index (χ1) is 11.9. The molecule has 0 fully saturated rings. The van der Waals surface area contributed by atoms with Gasteiger partial charge in [0.2, 0.25) is 0 Å². The quantitative estimate of drug-likeness (QED) is 0.722. The number of hydrogen-bond donors (Lipinski definition) is 1. The van der Waals surface area contributed by atoms with Crippen molar-refractivity contribution in [1.82, 2.24) is 24.7 Å². The number of rotatable bonds is 4. The third-order valence-corrected chi connectivity index (χ3v) is 3.92. The molecule has 0 saturated heterocycles. The van der Waals surface area contributed by atoms with E-state index in [1.807, 2.05) is 19.9 Å². The summed E-state index contributed by atoms with van der Waals surface area (Å²) in [7, 11) is 1.47. The predicted octanol–water partition coefficient (Wildman–Crippen LogP) is 2.64. The topological polar surface area (TPSA) is 90.4 Å². The fourth-order valence-electron chi connectivity index (χ4n) is 2.39. The van der Waals surface area contributed by atoms with Crippen LogP contribution in [0.2, 0.25) is 5.02 Å². The van der Waals surface area contributed by atoms with Crippen molar-refractivity contribution < 1.29 is 9.84 Å². The minimum Gasteiger partial charge on any atom is -0.504 e. The van der Waals surface area contributed by atoms with E-state index in [0.29, 0.717) is 28.1 Å². The zero-order valence-corrected chi connectivity index (χ0v) is 15.0. The van der Waals surface area contributed by atoms with Crippen LogP contribution in [0.1, 0.15) is 22.8 Å². The molecule has 0 atom stereocenters. The lowest BCUT2D eigenvalue weighted by molar-refractivity contribution is 0.373. The van der Waals surface area contributed by atoms with Gasteiger partial charge in [0, 0.05) is 17.3 Å². The lowest BCUT2D eigenvalue weighted by atomic mass is 10.2. The summed E-state index contributed by atoms with van der Waals surface area (Å²) in [5.74, 6) is 1.35. The van der Waals surface area contributed by atoms with Crippen LogP contribution >= 0.6 is 11.6 Å². The molecule has 8 nitrogen and oxygen atoms in total. The maximum atomic E-state index is 9.75. The van der Waals surface area contributed by atoms with Crippen LogP contribution in [0.15, 0.2) is 23.3 Å². The number of ether oxygens (including phenoxy) is 1. The second-order valence-electron chi connectivity index (χ2n) is 5.49. The van der Waals surface area contributed by atoms with E-state index in [1.54, 1.807) is 28.6 Å². The molecule has 1 N–H and O–H groups in total.